The van der Waals surface area contributed by atoms with Gasteiger partial charge in [-0.15, -0.1) is 0 Å². The largest absolute Gasteiger partial charge is 0.493 e. The second-order valence-corrected chi connectivity index (χ2v) is 6.81. The third-order valence-corrected chi connectivity index (χ3v) is 4.67. The smallest absolute Gasteiger partial charge is 0.437 e. The average Bonchev–Trinajstić information content (AvgIpc) is 3.17. The normalized spacial score (nSPS) is 11.6. The number of anilines is 1. The highest BCUT2D eigenvalue weighted by atomic mass is 19.4. The molecule has 2 aromatic heterocycles. The molecular formula is C21H22F3N3O3. The monoisotopic (exact) mass is 421 g/mol. The molecule has 0 aliphatic carbocycles. The van der Waals surface area contributed by atoms with Gasteiger partial charge in [0.2, 0.25) is 5.91 Å². The maximum atomic E-state index is 13.1. The molecule has 2 heterocycles. The fourth-order valence-corrected chi connectivity index (χ4v) is 3.14. The first-order chi connectivity index (χ1) is 14.3. The van der Waals surface area contributed by atoms with E-state index in [9.17, 15) is 18.0 Å². The topological polar surface area (TPSA) is 68.5 Å². The van der Waals surface area contributed by atoms with Crippen LogP contribution in [0.1, 0.15) is 37.4 Å². The Balaban J connectivity index is 1.66. The lowest BCUT2D eigenvalue weighted by Crippen LogP contribution is -2.26. The Kier molecular flexibility index (Phi) is 6.59. The van der Waals surface area contributed by atoms with Gasteiger partial charge in [0.05, 0.1) is 23.9 Å². The Labute approximate surface area is 171 Å². The highest BCUT2D eigenvalue weighted by molar-refractivity contribution is 5.92. The Morgan fingerprint density at radius 3 is 2.73 bits per heavy atom. The number of carbonyl (C=O) groups is 1. The maximum absolute atomic E-state index is 13.1. The van der Waals surface area contributed by atoms with E-state index in [0.717, 1.165) is 0 Å². The number of alkyl halides is 3. The summed E-state index contributed by atoms with van der Waals surface area (Å²) in [6.07, 6.45) is 0.555. The molecule has 0 spiro atoms. The van der Waals surface area contributed by atoms with Crippen LogP contribution in [0.3, 0.4) is 0 Å². The second kappa shape index (κ2) is 9.15. The molecule has 160 valence electrons. The molecule has 0 fully saturated rings. The van der Waals surface area contributed by atoms with Crippen LogP contribution in [0, 0.1) is 0 Å². The predicted molar refractivity (Wildman–Crippen MR) is 105 cm³/mol. The molecule has 0 radical (unpaired) electrons. The van der Waals surface area contributed by atoms with Gasteiger partial charge in [-0.3, -0.25) is 9.78 Å². The molecular weight excluding hydrogens is 399 g/mol. The van der Waals surface area contributed by atoms with Crippen LogP contribution in [0.2, 0.25) is 0 Å². The molecule has 0 atom stereocenters. The molecule has 0 N–H and O–H groups in total. The van der Waals surface area contributed by atoms with E-state index in [0.29, 0.717) is 36.3 Å². The maximum Gasteiger partial charge on any atom is 0.437 e. The van der Waals surface area contributed by atoms with E-state index >= 15 is 0 Å². The summed E-state index contributed by atoms with van der Waals surface area (Å²) in [5.74, 6) is 0.364. The molecule has 1 amide bonds. The van der Waals surface area contributed by atoms with Crippen molar-refractivity contribution in [3.63, 3.8) is 0 Å². The van der Waals surface area contributed by atoms with E-state index < -0.39 is 11.9 Å². The van der Waals surface area contributed by atoms with Gasteiger partial charge in [0.15, 0.2) is 11.3 Å². The van der Waals surface area contributed by atoms with Crippen molar-refractivity contribution >= 4 is 22.6 Å². The van der Waals surface area contributed by atoms with Crippen molar-refractivity contribution in [2.75, 3.05) is 18.6 Å². The first-order valence-corrected chi connectivity index (χ1v) is 9.60. The quantitative estimate of drug-likeness (QED) is 0.478. The fourth-order valence-electron chi connectivity index (χ4n) is 3.14. The summed E-state index contributed by atoms with van der Waals surface area (Å²) in [4.78, 5) is 17.8. The van der Waals surface area contributed by atoms with Crippen LogP contribution in [-0.4, -0.2) is 29.7 Å². The number of benzene rings is 1. The van der Waals surface area contributed by atoms with Crippen LogP contribution in [0.4, 0.5) is 18.9 Å². The van der Waals surface area contributed by atoms with E-state index in [1.54, 1.807) is 31.6 Å². The van der Waals surface area contributed by atoms with Crippen molar-refractivity contribution in [3.8, 4) is 5.75 Å². The van der Waals surface area contributed by atoms with Crippen LogP contribution in [0.25, 0.3) is 11.0 Å². The Bertz CT molecular complexity index is 1000. The number of rotatable bonds is 8. The molecule has 9 heteroatoms. The van der Waals surface area contributed by atoms with Crippen LogP contribution < -0.4 is 9.64 Å². The van der Waals surface area contributed by atoms with Gasteiger partial charge >= 0.3 is 6.18 Å². The summed E-state index contributed by atoms with van der Waals surface area (Å²) < 4.78 is 50.0. The summed E-state index contributed by atoms with van der Waals surface area (Å²) >= 11 is 0. The number of aryl methyl sites for hydroxylation is 1. The van der Waals surface area contributed by atoms with Crippen LogP contribution in [0.15, 0.2) is 41.2 Å². The number of pyridine rings is 1. The standard InChI is InChI=1S/C21H22F3N3O3/c1-3-6-15-17(10-9-16-19(15)30-26-20(16)21(22,23)24)29-12-5-8-18(28)27(2)14-7-4-11-25-13-14/h4,7,9-11,13H,3,5-6,8,12H2,1-2H3. The van der Waals surface area contributed by atoms with E-state index in [-0.39, 0.29) is 29.9 Å². The number of amides is 1. The van der Waals surface area contributed by atoms with Crippen molar-refractivity contribution in [1.82, 2.24) is 10.1 Å². The summed E-state index contributed by atoms with van der Waals surface area (Å²) in [6.45, 7) is 2.16. The number of halogens is 3. The molecule has 0 aliphatic heterocycles. The lowest BCUT2D eigenvalue weighted by atomic mass is 10.0. The minimum atomic E-state index is -4.59. The number of ether oxygens (including phenoxy) is 1. The van der Waals surface area contributed by atoms with Crippen LogP contribution in [-0.2, 0) is 17.4 Å². The van der Waals surface area contributed by atoms with E-state index in [2.05, 4.69) is 10.1 Å². The molecule has 0 saturated carbocycles. The van der Waals surface area contributed by atoms with Gasteiger partial charge in [0.25, 0.3) is 0 Å². The minimum absolute atomic E-state index is 0.0772. The summed E-state index contributed by atoms with van der Waals surface area (Å²) in [7, 11) is 1.68. The molecule has 1 aromatic carbocycles. The molecule has 6 nitrogen and oxygen atoms in total. The van der Waals surface area contributed by atoms with Gasteiger partial charge in [-0.1, -0.05) is 18.5 Å². The Morgan fingerprint density at radius 1 is 1.27 bits per heavy atom. The van der Waals surface area contributed by atoms with Crippen molar-refractivity contribution < 1.29 is 27.2 Å². The summed E-state index contributed by atoms with van der Waals surface area (Å²) in [5, 5.41) is 3.13. The number of carbonyl (C=O) groups excluding carboxylic acids is 1. The summed E-state index contributed by atoms with van der Waals surface area (Å²) in [5.41, 5.74) is 0.307. The van der Waals surface area contributed by atoms with Gasteiger partial charge in [0.1, 0.15) is 5.75 Å². The van der Waals surface area contributed by atoms with Crippen LogP contribution >= 0.6 is 0 Å². The van der Waals surface area contributed by atoms with Crippen LogP contribution in [0.5, 0.6) is 5.75 Å². The van der Waals surface area contributed by atoms with Gasteiger partial charge in [0, 0.05) is 25.2 Å². The number of nitrogens with zero attached hydrogens (tertiary/aromatic N) is 3. The van der Waals surface area contributed by atoms with Crippen molar-refractivity contribution in [3.05, 3.63) is 47.9 Å². The number of aromatic nitrogens is 2. The fraction of sp³-hybridized carbons (Fsp3) is 0.381. The van der Waals surface area contributed by atoms with E-state index in [1.807, 2.05) is 6.92 Å². The van der Waals surface area contributed by atoms with E-state index in [4.69, 9.17) is 9.26 Å². The third kappa shape index (κ3) is 4.72. The van der Waals surface area contributed by atoms with Gasteiger partial charge in [-0.05, 0) is 37.1 Å². The molecule has 0 unspecified atom stereocenters. The van der Waals surface area contributed by atoms with E-state index in [1.165, 1.54) is 17.0 Å². The molecule has 0 aliphatic rings. The molecule has 0 bridgehead atoms. The predicted octanol–water partition coefficient (Wildman–Crippen LogP) is 5.02. The molecule has 3 aromatic rings. The lowest BCUT2D eigenvalue weighted by molar-refractivity contribution is -0.141. The minimum Gasteiger partial charge on any atom is -0.493 e. The number of fused-ring (bicyclic) bond motifs is 1. The van der Waals surface area contributed by atoms with Gasteiger partial charge in [-0.25, -0.2) is 0 Å². The van der Waals surface area contributed by atoms with Gasteiger partial charge in [-0.2, -0.15) is 13.2 Å². The first kappa shape index (κ1) is 21.6. The zero-order valence-corrected chi connectivity index (χ0v) is 16.7. The highest BCUT2D eigenvalue weighted by Crippen LogP contribution is 2.38. The highest BCUT2D eigenvalue weighted by Gasteiger charge is 2.37. The zero-order valence-electron chi connectivity index (χ0n) is 16.7. The number of hydrogen-bond acceptors (Lipinski definition) is 5. The first-order valence-electron chi connectivity index (χ1n) is 9.60. The average molecular weight is 421 g/mol. The van der Waals surface area contributed by atoms with Crippen molar-refractivity contribution in [1.29, 1.82) is 0 Å². The molecule has 3 rings (SSSR count). The molecule has 30 heavy (non-hydrogen) atoms. The van der Waals surface area contributed by atoms with Crippen molar-refractivity contribution in [2.45, 2.75) is 38.8 Å². The Morgan fingerprint density at radius 2 is 2.07 bits per heavy atom. The SMILES string of the molecule is CCCc1c(OCCCC(=O)N(C)c2cccnc2)ccc2c(C(F)(F)F)noc12. The number of hydrogen-bond donors (Lipinski definition) is 0. The third-order valence-electron chi connectivity index (χ3n) is 4.67. The zero-order chi connectivity index (χ0) is 21.7. The Hall–Kier alpha value is -3.10. The van der Waals surface area contributed by atoms with Crippen molar-refractivity contribution in [2.24, 2.45) is 0 Å². The lowest BCUT2D eigenvalue weighted by Gasteiger charge is -2.17. The van der Waals surface area contributed by atoms with Gasteiger partial charge < -0.3 is 14.2 Å². The summed E-state index contributed by atoms with van der Waals surface area (Å²) in [6, 6.07) is 6.36. The second-order valence-electron chi connectivity index (χ2n) is 6.81. The molecule has 0 saturated heterocycles.